The molecule has 2 aromatic carbocycles. The number of hydrogen-bond acceptors (Lipinski definition) is 6. The molecule has 28 heavy (non-hydrogen) atoms. The van der Waals surface area contributed by atoms with Gasteiger partial charge in [-0.05, 0) is 54.5 Å². The maximum atomic E-state index is 12.9. The average molecular weight is 414 g/mol. The first kappa shape index (κ1) is 20.0. The van der Waals surface area contributed by atoms with Crippen LogP contribution in [0.15, 0.2) is 54.0 Å². The maximum Gasteiger partial charge on any atom is 0.270 e. The van der Waals surface area contributed by atoms with Crippen molar-refractivity contribution < 1.29 is 19.4 Å². The predicted octanol–water partition coefficient (Wildman–Crippen LogP) is 4.54. The molecular weight excluding hydrogens is 394 g/mol. The summed E-state index contributed by atoms with van der Waals surface area (Å²) >= 11 is 6.64. The summed E-state index contributed by atoms with van der Waals surface area (Å²) in [6, 6.07) is 10.6. The van der Waals surface area contributed by atoms with Gasteiger partial charge in [-0.25, -0.2) is 0 Å². The van der Waals surface area contributed by atoms with Crippen molar-refractivity contribution in [3.05, 3.63) is 65.1 Å². The van der Waals surface area contributed by atoms with Crippen LogP contribution in [0.2, 0.25) is 0 Å². The van der Waals surface area contributed by atoms with Gasteiger partial charge in [-0.1, -0.05) is 30.1 Å². The van der Waals surface area contributed by atoms with Gasteiger partial charge in [0.2, 0.25) is 0 Å². The number of carbonyl (C=O) groups excluding carboxylic acids is 1. The standard InChI is InChI=1S/C21H19NO4S2/c1-4-5-14-10-13(11-17(26-3)19(14)23)12-18-20(24)22(21(27)28-18)15-6-8-16(25-2)9-7-15/h4,6-12,23H,1,5H2,2-3H3. The molecule has 1 fully saturated rings. The first-order chi connectivity index (χ1) is 13.5. The third-order valence-corrected chi connectivity index (χ3v) is 5.48. The SMILES string of the molecule is C=CCc1cc(C=C2SC(=S)N(c3ccc(OC)cc3)C2=O)cc(OC)c1O. The van der Waals surface area contributed by atoms with Gasteiger partial charge < -0.3 is 14.6 Å². The van der Waals surface area contributed by atoms with Gasteiger partial charge >= 0.3 is 0 Å². The van der Waals surface area contributed by atoms with Gasteiger partial charge in [0.1, 0.15) is 5.75 Å². The minimum Gasteiger partial charge on any atom is -0.504 e. The molecule has 0 aliphatic carbocycles. The number of amides is 1. The summed E-state index contributed by atoms with van der Waals surface area (Å²) in [4.78, 5) is 14.9. The van der Waals surface area contributed by atoms with Crippen LogP contribution in [0.1, 0.15) is 11.1 Å². The number of benzene rings is 2. The quantitative estimate of drug-likeness (QED) is 0.426. The molecule has 3 rings (SSSR count). The second kappa shape index (κ2) is 8.50. The van der Waals surface area contributed by atoms with Crippen molar-refractivity contribution in [3.63, 3.8) is 0 Å². The number of anilines is 1. The van der Waals surface area contributed by atoms with Crippen LogP contribution in [-0.4, -0.2) is 29.6 Å². The zero-order valence-corrected chi connectivity index (χ0v) is 17.1. The highest BCUT2D eigenvalue weighted by molar-refractivity contribution is 8.27. The molecular formula is C21H19NO4S2. The molecule has 1 saturated heterocycles. The number of allylic oxidation sites excluding steroid dienone is 1. The van der Waals surface area contributed by atoms with Gasteiger partial charge in [-0.2, -0.15) is 0 Å². The smallest absolute Gasteiger partial charge is 0.270 e. The third kappa shape index (κ3) is 3.90. The lowest BCUT2D eigenvalue weighted by Crippen LogP contribution is -2.27. The number of methoxy groups -OCH3 is 2. The minimum absolute atomic E-state index is 0.0744. The van der Waals surface area contributed by atoms with Crippen molar-refractivity contribution in [1.29, 1.82) is 0 Å². The molecule has 0 bridgehead atoms. The van der Waals surface area contributed by atoms with Gasteiger partial charge in [0.25, 0.3) is 5.91 Å². The number of rotatable bonds is 6. The van der Waals surface area contributed by atoms with E-state index in [9.17, 15) is 9.90 Å². The highest BCUT2D eigenvalue weighted by atomic mass is 32.2. The minimum atomic E-state index is -0.197. The molecule has 0 spiro atoms. The van der Waals surface area contributed by atoms with E-state index >= 15 is 0 Å². The van der Waals surface area contributed by atoms with Crippen molar-refractivity contribution in [3.8, 4) is 17.2 Å². The Kier molecular flexibility index (Phi) is 6.06. The number of nitrogens with zero attached hydrogens (tertiary/aromatic N) is 1. The molecule has 1 N–H and O–H groups in total. The molecule has 5 nitrogen and oxygen atoms in total. The Balaban J connectivity index is 1.95. The van der Waals surface area contributed by atoms with E-state index in [0.29, 0.717) is 38.4 Å². The first-order valence-electron chi connectivity index (χ1n) is 8.41. The van der Waals surface area contributed by atoms with Crippen LogP contribution in [0.5, 0.6) is 17.2 Å². The Morgan fingerprint density at radius 1 is 1.21 bits per heavy atom. The van der Waals surface area contributed by atoms with Crippen LogP contribution in [0.25, 0.3) is 6.08 Å². The van der Waals surface area contributed by atoms with Gasteiger partial charge in [-0.3, -0.25) is 9.69 Å². The third-order valence-electron chi connectivity index (χ3n) is 4.18. The van der Waals surface area contributed by atoms with Crippen molar-refractivity contribution in [2.24, 2.45) is 0 Å². The van der Waals surface area contributed by atoms with Crippen LogP contribution >= 0.6 is 24.0 Å². The molecule has 1 aliphatic rings. The van der Waals surface area contributed by atoms with Crippen LogP contribution < -0.4 is 14.4 Å². The Bertz CT molecular complexity index is 967. The molecule has 1 heterocycles. The predicted molar refractivity (Wildman–Crippen MR) is 117 cm³/mol. The zero-order valence-electron chi connectivity index (χ0n) is 15.5. The number of thioether (sulfide) groups is 1. The fourth-order valence-electron chi connectivity index (χ4n) is 2.81. The van der Waals surface area contributed by atoms with E-state index in [1.54, 1.807) is 55.7 Å². The van der Waals surface area contributed by atoms with E-state index in [1.165, 1.54) is 23.8 Å². The summed E-state index contributed by atoms with van der Waals surface area (Å²) < 4.78 is 10.9. The number of carbonyl (C=O) groups is 1. The number of thiocarbonyl (C=S) groups is 1. The van der Waals surface area contributed by atoms with Gasteiger partial charge in [0.15, 0.2) is 15.8 Å². The van der Waals surface area contributed by atoms with Gasteiger partial charge in [0.05, 0.1) is 24.8 Å². The van der Waals surface area contributed by atoms with E-state index in [0.717, 1.165) is 5.56 Å². The van der Waals surface area contributed by atoms with Gasteiger partial charge in [-0.15, -0.1) is 6.58 Å². The second-order valence-electron chi connectivity index (χ2n) is 5.94. The normalized spacial score (nSPS) is 15.2. The summed E-state index contributed by atoms with van der Waals surface area (Å²) in [5.41, 5.74) is 2.09. The molecule has 0 aromatic heterocycles. The van der Waals surface area contributed by atoms with E-state index in [-0.39, 0.29) is 11.7 Å². The summed E-state index contributed by atoms with van der Waals surface area (Å²) in [5, 5.41) is 10.2. The second-order valence-corrected chi connectivity index (χ2v) is 7.61. The first-order valence-corrected chi connectivity index (χ1v) is 9.63. The monoisotopic (exact) mass is 413 g/mol. The summed E-state index contributed by atoms with van der Waals surface area (Å²) in [6.45, 7) is 3.71. The van der Waals surface area contributed by atoms with E-state index in [1.807, 2.05) is 0 Å². The highest BCUT2D eigenvalue weighted by Crippen LogP contribution is 2.38. The van der Waals surface area contributed by atoms with E-state index < -0.39 is 0 Å². The molecule has 144 valence electrons. The fourth-order valence-corrected chi connectivity index (χ4v) is 4.11. The molecule has 7 heteroatoms. The molecule has 0 radical (unpaired) electrons. The Morgan fingerprint density at radius 2 is 1.93 bits per heavy atom. The topological polar surface area (TPSA) is 59.0 Å². The molecule has 2 aromatic rings. The number of phenolic OH excluding ortho intramolecular Hbond substituents is 1. The summed E-state index contributed by atoms with van der Waals surface area (Å²) in [6.07, 6.45) is 3.93. The van der Waals surface area contributed by atoms with Crippen LogP contribution in [-0.2, 0) is 11.2 Å². The van der Waals surface area contributed by atoms with Crippen molar-refractivity contribution in [2.75, 3.05) is 19.1 Å². The molecule has 1 amide bonds. The fraction of sp³-hybridized carbons (Fsp3) is 0.143. The van der Waals surface area contributed by atoms with E-state index in [2.05, 4.69) is 6.58 Å². The van der Waals surface area contributed by atoms with Crippen LogP contribution in [0.4, 0.5) is 5.69 Å². The Morgan fingerprint density at radius 3 is 2.54 bits per heavy atom. The number of phenols is 1. The molecule has 0 unspecified atom stereocenters. The Hall–Kier alpha value is -2.77. The van der Waals surface area contributed by atoms with Crippen LogP contribution in [0.3, 0.4) is 0 Å². The van der Waals surface area contributed by atoms with Gasteiger partial charge in [0, 0.05) is 5.56 Å². The lowest BCUT2D eigenvalue weighted by Gasteiger charge is -2.14. The van der Waals surface area contributed by atoms with Crippen molar-refractivity contribution in [2.45, 2.75) is 6.42 Å². The lowest BCUT2D eigenvalue weighted by molar-refractivity contribution is -0.113. The average Bonchev–Trinajstić information content (AvgIpc) is 2.97. The lowest BCUT2D eigenvalue weighted by atomic mass is 10.1. The number of ether oxygens (including phenoxy) is 2. The summed E-state index contributed by atoms with van der Waals surface area (Å²) in [5.74, 6) is 0.926. The van der Waals surface area contributed by atoms with E-state index in [4.69, 9.17) is 21.7 Å². The molecule has 1 aliphatic heterocycles. The van der Waals surface area contributed by atoms with Crippen LogP contribution in [0, 0.1) is 0 Å². The largest absolute Gasteiger partial charge is 0.504 e. The number of aromatic hydroxyl groups is 1. The zero-order chi connectivity index (χ0) is 20.3. The number of hydrogen-bond donors (Lipinski definition) is 1. The Labute approximate surface area is 173 Å². The van der Waals surface area contributed by atoms with Crippen molar-refractivity contribution in [1.82, 2.24) is 0 Å². The summed E-state index contributed by atoms with van der Waals surface area (Å²) in [7, 11) is 3.07. The highest BCUT2D eigenvalue weighted by Gasteiger charge is 2.33. The van der Waals surface area contributed by atoms with Crippen molar-refractivity contribution >= 4 is 46.0 Å². The molecule has 0 atom stereocenters. The maximum absolute atomic E-state index is 12.9. The molecule has 0 saturated carbocycles.